The van der Waals surface area contributed by atoms with Crippen molar-refractivity contribution in [1.29, 1.82) is 0 Å². The highest BCUT2D eigenvalue weighted by molar-refractivity contribution is 5.53. The molecule has 1 saturated carbocycles. The molecule has 0 unspecified atom stereocenters. The summed E-state index contributed by atoms with van der Waals surface area (Å²) in [6.07, 6.45) is 6.90. The van der Waals surface area contributed by atoms with Crippen LogP contribution in [0.4, 0.5) is 17.6 Å². The van der Waals surface area contributed by atoms with Gasteiger partial charge in [0.25, 0.3) is 0 Å². The van der Waals surface area contributed by atoms with E-state index in [1.165, 1.54) is 31.4 Å². The van der Waals surface area contributed by atoms with E-state index < -0.39 is 0 Å². The quantitative estimate of drug-likeness (QED) is 0.798. The van der Waals surface area contributed by atoms with Crippen LogP contribution in [-0.2, 0) is 0 Å². The summed E-state index contributed by atoms with van der Waals surface area (Å²) in [6, 6.07) is 4.00. The summed E-state index contributed by atoms with van der Waals surface area (Å²) in [5.41, 5.74) is 1.66. The molecule has 7 nitrogen and oxygen atoms in total. The average molecular weight is 325 g/mol. The molecule has 24 heavy (non-hydrogen) atoms. The van der Waals surface area contributed by atoms with Crippen molar-refractivity contribution in [3.8, 4) is 0 Å². The van der Waals surface area contributed by atoms with E-state index in [-0.39, 0.29) is 0 Å². The summed E-state index contributed by atoms with van der Waals surface area (Å²) in [4.78, 5) is 11.5. The number of rotatable bonds is 4. The van der Waals surface area contributed by atoms with Crippen LogP contribution in [0.15, 0.2) is 18.3 Å². The van der Waals surface area contributed by atoms with Gasteiger partial charge in [-0.3, -0.25) is 5.10 Å². The number of nitrogens with zero attached hydrogens (tertiary/aromatic N) is 4. The molecule has 0 radical (unpaired) electrons. The first-order valence-electron chi connectivity index (χ1n) is 8.91. The zero-order valence-corrected chi connectivity index (χ0v) is 13.8. The maximum Gasteiger partial charge on any atom is 0.227 e. The molecule has 4 heterocycles. The predicted octanol–water partition coefficient (Wildman–Crippen LogP) is 2.01. The van der Waals surface area contributed by atoms with Crippen LogP contribution in [0.1, 0.15) is 37.3 Å². The molecule has 2 aromatic heterocycles. The number of aromatic amines is 1. The van der Waals surface area contributed by atoms with E-state index in [1.54, 1.807) is 0 Å². The fourth-order valence-electron chi connectivity index (χ4n) is 3.85. The SMILES string of the molecule is c1cc(Nc2cc(C3CC3)[nH]n2)nc(N2CCCC3(CNC3)C2)n1. The van der Waals surface area contributed by atoms with E-state index >= 15 is 0 Å². The van der Waals surface area contributed by atoms with Gasteiger partial charge in [0.05, 0.1) is 0 Å². The number of anilines is 3. The van der Waals surface area contributed by atoms with Crippen molar-refractivity contribution in [1.82, 2.24) is 25.5 Å². The molecule has 0 amide bonds. The van der Waals surface area contributed by atoms with E-state index in [4.69, 9.17) is 4.98 Å². The summed E-state index contributed by atoms with van der Waals surface area (Å²) >= 11 is 0. The maximum absolute atomic E-state index is 4.71. The summed E-state index contributed by atoms with van der Waals surface area (Å²) in [5.74, 6) is 3.14. The molecule has 0 aromatic carbocycles. The van der Waals surface area contributed by atoms with Crippen LogP contribution in [0.25, 0.3) is 0 Å². The van der Waals surface area contributed by atoms with Crippen molar-refractivity contribution >= 4 is 17.6 Å². The molecule has 0 atom stereocenters. The van der Waals surface area contributed by atoms with Crippen molar-refractivity contribution in [2.24, 2.45) is 5.41 Å². The molecule has 3 fully saturated rings. The van der Waals surface area contributed by atoms with Gasteiger partial charge in [-0.1, -0.05) is 0 Å². The van der Waals surface area contributed by atoms with Crippen molar-refractivity contribution in [2.45, 2.75) is 31.6 Å². The largest absolute Gasteiger partial charge is 0.340 e. The molecule has 2 saturated heterocycles. The highest BCUT2D eigenvalue weighted by atomic mass is 15.3. The van der Waals surface area contributed by atoms with Crippen molar-refractivity contribution in [3.63, 3.8) is 0 Å². The van der Waals surface area contributed by atoms with E-state index in [9.17, 15) is 0 Å². The average Bonchev–Trinajstić information content (AvgIpc) is 3.34. The Bertz CT molecular complexity index is 732. The number of hydrogen-bond acceptors (Lipinski definition) is 6. The topological polar surface area (TPSA) is 81.8 Å². The van der Waals surface area contributed by atoms with E-state index in [0.717, 1.165) is 43.8 Å². The second-order valence-corrected chi connectivity index (χ2v) is 7.48. The fourth-order valence-corrected chi connectivity index (χ4v) is 3.85. The lowest BCUT2D eigenvalue weighted by atomic mass is 9.75. The zero-order chi connectivity index (χ0) is 16.0. The molecule has 2 aliphatic heterocycles. The van der Waals surface area contributed by atoms with Gasteiger partial charge in [0, 0.05) is 55.5 Å². The Morgan fingerprint density at radius 1 is 1.25 bits per heavy atom. The second-order valence-electron chi connectivity index (χ2n) is 7.48. The van der Waals surface area contributed by atoms with Crippen LogP contribution >= 0.6 is 0 Å². The van der Waals surface area contributed by atoms with Gasteiger partial charge in [-0.15, -0.1) is 0 Å². The highest BCUT2D eigenvalue weighted by Crippen LogP contribution is 2.39. The molecule has 2 aromatic rings. The Kier molecular flexibility index (Phi) is 3.22. The summed E-state index contributed by atoms with van der Waals surface area (Å²) in [7, 11) is 0. The van der Waals surface area contributed by atoms with E-state index in [2.05, 4.69) is 36.8 Å². The van der Waals surface area contributed by atoms with Crippen LogP contribution in [0, 0.1) is 5.41 Å². The minimum Gasteiger partial charge on any atom is -0.340 e. The fraction of sp³-hybridized carbons (Fsp3) is 0.588. The van der Waals surface area contributed by atoms with Gasteiger partial charge in [0.1, 0.15) is 5.82 Å². The number of nitrogens with one attached hydrogen (secondary N) is 3. The first kappa shape index (κ1) is 14.2. The lowest BCUT2D eigenvalue weighted by Gasteiger charge is -2.49. The summed E-state index contributed by atoms with van der Waals surface area (Å²) < 4.78 is 0. The minimum atomic E-state index is 0.437. The van der Waals surface area contributed by atoms with Gasteiger partial charge in [0.2, 0.25) is 5.95 Å². The van der Waals surface area contributed by atoms with Crippen LogP contribution in [0.3, 0.4) is 0 Å². The number of aromatic nitrogens is 4. The van der Waals surface area contributed by atoms with E-state index in [1.807, 2.05) is 12.3 Å². The molecule has 126 valence electrons. The molecule has 5 rings (SSSR count). The monoisotopic (exact) mass is 325 g/mol. The number of piperidine rings is 1. The van der Waals surface area contributed by atoms with Gasteiger partial charge in [-0.05, 0) is 31.7 Å². The molecule has 3 aliphatic rings. The smallest absolute Gasteiger partial charge is 0.227 e. The standard InChI is InChI=1S/C17H23N7/c1-5-17(9-18-10-17)11-24(7-1)16-19-6-4-14(21-16)20-15-8-13(22-23-15)12-2-3-12/h4,6,8,12,18H,1-3,5,7,9-11H2,(H2,19,20,21,22,23). The molecular formula is C17H23N7. The van der Waals surface area contributed by atoms with Crippen molar-refractivity contribution in [3.05, 3.63) is 24.0 Å². The maximum atomic E-state index is 4.71. The van der Waals surface area contributed by atoms with E-state index in [0.29, 0.717) is 11.3 Å². The Balaban J connectivity index is 1.31. The minimum absolute atomic E-state index is 0.437. The third-order valence-electron chi connectivity index (χ3n) is 5.46. The van der Waals surface area contributed by atoms with Crippen LogP contribution in [0.2, 0.25) is 0 Å². The third kappa shape index (κ3) is 2.62. The molecule has 1 spiro atoms. The Morgan fingerprint density at radius 3 is 2.96 bits per heavy atom. The molecule has 3 N–H and O–H groups in total. The normalized spacial score (nSPS) is 22.4. The van der Waals surface area contributed by atoms with Crippen LogP contribution in [-0.4, -0.2) is 46.3 Å². The second kappa shape index (κ2) is 5.44. The van der Waals surface area contributed by atoms with Gasteiger partial charge >= 0.3 is 0 Å². The van der Waals surface area contributed by atoms with Gasteiger partial charge in [-0.25, -0.2) is 4.98 Å². The summed E-state index contributed by atoms with van der Waals surface area (Å²) in [6.45, 7) is 4.34. The molecule has 1 aliphatic carbocycles. The first-order valence-corrected chi connectivity index (χ1v) is 8.91. The third-order valence-corrected chi connectivity index (χ3v) is 5.46. The Morgan fingerprint density at radius 2 is 2.17 bits per heavy atom. The van der Waals surface area contributed by atoms with Crippen molar-refractivity contribution in [2.75, 3.05) is 36.4 Å². The molecule has 0 bridgehead atoms. The zero-order valence-electron chi connectivity index (χ0n) is 13.8. The summed E-state index contributed by atoms with van der Waals surface area (Å²) in [5, 5.41) is 14.2. The highest BCUT2D eigenvalue weighted by Gasteiger charge is 2.41. The predicted molar refractivity (Wildman–Crippen MR) is 92.6 cm³/mol. The molecular weight excluding hydrogens is 302 g/mol. The van der Waals surface area contributed by atoms with Crippen molar-refractivity contribution < 1.29 is 0 Å². The lowest BCUT2D eigenvalue weighted by Crippen LogP contribution is -2.61. The van der Waals surface area contributed by atoms with Crippen LogP contribution < -0.4 is 15.5 Å². The van der Waals surface area contributed by atoms with Gasteiger partial charge in [0.15, 0.2) is 5.82 Å². The Hall–Kier alpha value is -2.15. The Labute approximate surface area is 141 Å². The first-order chi connectivity index (χ1) is 11.8. The lowest BCUT2D eigenvalue weighted by molar-refractivity contribution is 0.137. The van der Waals surface area contributed by atoms with Crippen LogP contribution in [0.5, 0.6) is 0 Å². The molecule has 7 heteroatoms. The van der Waals surface area contributed by atoms with Gasteiger partial charge in [-0.2, -0.15) is 10.1 Å². The number of hydrogen-bond donors (Lipinski definition) is 3. The number of H-pyrrole nitrogens is 1. The van der Waals surface area contributed by atoms with Gasteiger partial charge < -0.3 is 15.5 Å².